The van der Waals surface area contributed by atoms with Crippen molar-refractivity contribution in [3.63, 3.8) is 0 Å². The van der Waals surface area contributed by atoms with Crippen molar-refractivity contribution < 1.29 is 4.74 Å². The van der Waals surface area contributed by atoms with E-state index in [2.05, 4.69) is 19.1 Å². The zero-order chi connectivity index (χ0) is 10.1. The third kappa shape index (κ3) is 1.75. The zero-order valence-electron chi connectivity index (χ0n) is 8.73. The van der Waals surface area contributed by atoms with Gasteiger partial charge in [0.05, 0.1) is 7.11 Å². The lowest BCUT2D eigenvalue weighted by Crippen LogP contribution is -2.17. The van der Waals surface area contributed by atoms with Gasteiger partial charge in [-0.2, -0.15) is 0 Å². The molecule has 0 heterocycles. The largest absolute Gasteiger partial charge is 0.497 e. The Kier molecular flexibility index (Phi) is 2.46. The average molecular weight is 191 g/mol. The lowest BCUT2D eigenvalue weighted by molar-refractivity contribution is 0.414. The van der Waals surface area contributed by atoms with Gasteiger partial charge in [-0.1, -0.05) is 12.1 Å². The Hall–Kier alpha value is -1.02. The molecule has 2 N–H and O–H groups in total. The molecule has 0 aliphatic heterocycles. The first-order valence-corrected chi connectivity index (χ1v) is 5.12. The van der Waals surface area contributed by atoms with Crippen molar-refractivity contribution in [2.24, 2.45) is 11.7 Å². The van der Waals surface area contributed by atoms with Crippen molar-refractivity contribution in [1.29, 1.82) is 0 Å². The van der Waals surface area contributed by atoms with E-state index in [1.807, 2.05) is 12.1 Å². The van der Waals surface area contributed by atoms with Gasteiger partial charge in [-0.05, 0) is 42.9 Å². The molecule has 0 saturated heterocycles. The van der Waals surface area contributed by atoms with Crippen molar-refractivity contribution in [2.75, 3.05) is 7.11 Å². The molecule has 3 atom stereocenters. The smallest absolute Gasteiger partial charge is 0.119 e. The summed E-state index contributed by atoms with van der Waals surface area (Å²) in [5, 5.41) is 0. The van der Waals surface area contributed by atoms with Crippen LogP contribution >= 0.6 is 0 Å². The van der Waals surface area contributed by atoms with Crippen LogP contribution in [0.1, 0.15) is 24.8 Å². The SMILES string of the molecule is COc1cccc([C@@H]2C[C@@H]2[C@@H](C)N)c1. The molecule has 1 aromatic rings. The van der Waals surface area contributed by atoms with Crippen LogP contribution in [-0.2, 0) is 0 Å². The summed E-state index contributed by atoms with van der Waals surface area (Å²) >= 11 is 0. The maximum Gasteiger partial charge on any atom is 0.119 e. The topological polar surface area (TPSA) is 35.2 Å². The molecule has 0 unspecified atom stereocenters. The molecule has 0 radical (unpaired) electrons. The molecule has 2 rings (SSSR count). The molecular weight excluding hydrogens is 174 g/mol. The second-order valence-electron chi connectivity index (χ2n) is 4.14. The summed E-state index contributed by atoms with van der Waals surface area (Å²) in [6.45, 7) is 2.09. The molecule has 1 aromatic carbocycles. The standard InChI is InChI=1S/C12H17NO/c1-8(13)11-7-12(11)9-4-3-5-10(6-9)14-2/h3-6,8,11-12H,7,13H2,1-2H3/t8-,11-,12+/m1/s1. The van der Waals surface area contributed by atoms with Gasteiger partial charge in [0.15, 0.2) is 0 Å². The number of hydrogen-bond acceptors (Lipinski definition) is 2. The summed E-state index contributed by atoms with van der Waals surface area (Å²) in [6.07, 6.45) is 1.23. The first-order chi connectivity index (χ1) is 6.72. The third-order valence-electron chi connectivity index (χ3n) is 3.04. The van der Waals surface area contributed by atoms with Gasteiger partial charge >= 0.3 is 0 Å². The summed E-state index contributed by atoms with van der Waals surface area (Å²) in [7, 11) is 1.70. The number of benzene rings is 1. The Morgan fingerprint density at radius 2 is 2.29 bits per heavy atom. The summed E-state index contributed by atoms with van der Waals surface area (Å²) in [6, 6.07) is 8.62. The van der Waals surface area contributed by atoms with Crippen LogP contribution in [0.5, 0.6) is 5.75 Å². The molecule has 76 valence electrons. The van der Waals surface area contributed by atoms with Gasteiger partial charge in [0.1, 0.15) is 5.75 Å². The summed E-state index contributed by atoms with van der Waals surface area (Å²) < 4.78 is 5.20. The van der Waals surface area contributed by atoms with Crippen LogP contribution in [0.4, 0.5) is 0 Å². The Labute approximate surface area is 85.1 Å². The molecule has 14 heavy (non-hydrogen) atoms. The van der Waals surface area contributed by atoms with E-state index in [4.69, 9.17) is 10.5 Å². The fraction of sp³-hybridized carbons (Fsp3) is 0.500. The van der Waals surface area contributed by atoms with Gasteiger partial charge in [-0.3, -0.25) is 0 Å². The van der Waals surface area contributed by atoms with Crippen molar-refractivity contribution in [3.05, 3.63) is 29.8 Å². The maximum absolute atomic E-state index is 5.86. The van der Waals surface area contributed by atoms with Crippen LogP contribution in [0.15, 0.2) is 24.3 Å². The Morgan fingerprint density at radius 1 is 1.50 bits per heavy atom. The van der Waals surface area contributed by atoms with Gasteiger partial charge in [0.2, 0.25) is 0 Å². The molecule has 2 nitrogen and oxygen atoms in total. The first-order valence-electron chi connectivity index (χ1n) is 5.12. The van der Waals surface area contributed by atoms with Crippen molar-refractivity contribution in [2.45, 2.75) is 25.3 Å². The highest BCUT2D eigenvalue weighted by atomic mass is 16.5. The maximum atomic E-state index is 5.86. The summed E-state index contributed by atoms with van der Waals surface area (Å²) in [5.41, 5.74) is 7.23. The third-order valence-corrected chi connectivity index (χ3v) is 3.04. The van der Waals surface area contributed by atoms with E-state index in [1.165, 1.54) is 12.0 Å². The van der Waals surface area contributed by atoms with E-state index in [-0.39, 0.29) is 0 Å². The predicted molar refractivity (Wildman–Crippen MR) is 57.5 cm³/mol. The lowest BCUT2D eigenvalue weighted by Gasteiger charge is -2.05. The summed E-state index contributed by atoms with van der Waals surface area (Å²) in [5.74, 6) is 2.27. The van der Waals surface area contributed by atoms with E-state index in [0.29, 0.717) is 17.9 Å². The molecule has 1 saturated carbocycles. The highest BCUT2D eigenvalue weighted by molar-refractivity contribution is 5.34. The van der Waals surface area contributed by atoms with Gasteiger partial charge < -0.3 is 10.5 Å². The highest BCUT2D eigenvalue weighted by Crippen LogP contribution is 2.49. The zero-order valence-corrected chi connectivity index (χ0v) is 8.73. The molecule has 1 aliphatic carbocycles. The number of methoxy groups -OCH3 is 1. The van der Waals surface area contributed by atoms with E-state index >= 15 is 0 Å². The Balaban J connectivity index is 2.11. The second-order valence-corrected chi connectivity index (χ2v) is 4.14. The predicted octanol–water partition coefficient (Wildman–Crippen LogP) is 2.15. The monoisotopic (exact) mass is 191 g/mol. The molecule has 0 bridgehead atoms. The van der Waals surface area contributed by atoms with E-state index in [0.717, 1.165) is 5.75 Å². The molecule has 1 aliphatic rings. The number of nitrogens with two attached hydrogens (primary N) is 1. The molecular formula is C12H17NO. The molecule has 1 fully saturated rings. The molecule has 2 heteroatoms. The Morgan fingerprint density at radius 3 is 2.86 bits per heavy atom. The molecule has 0 spiro atoms. The van der Waals surface area contributed by atoms with Gasteiger partial charge in [-0.25, -0.2) is 0 Å². The normalized spacial score (nSPS) is 27.1. The van der Waals surface area contributed by atoms with Crippen LogP contribution in [-0.4, -0.2) is 13.2 Å². The van der Waals surface area contributed by atoms with E-state index < -0.39 is 0 Å². The van der Waals surface area contributed by atoms with Gasteiger partial charge in [-0.15, -0.1) is 0 Å². The van der Waals surface area contributed by atoms with Crippen LogP contribution in [0, 0.1) is 5.92 Å². The number of rotatable bonds is 3. The Bertz CT molecular complexity index is 322. The minimum absolute atomic E-state index is 0.311. The van der Waals surface area contributed by atoms with E-state index in [1.54, 1.807) is 7.11 Å². The number of hydrogen-bond donors (Lipinski definition) is 1. The molecule has 0 aromatic heterocycles. The van der Waals surface area contributed by atoms with Crippen molar-refractivity contribution in [3.8, 4) is 5.75 Å². The summed E-state index contributed by atoms with van der Waals surface area (Å²) in [4.78, 5) is 0. The highest BCUT2D eigenvalue weighted by Gasteiger charge is 2.40. The second kappa shape index (κ2) is 3.62. The average Bonchev–Trinajstić information content (AvgIpc) is 2.97. The number of ether oxygens (including phenoxy) is 1. The first kappa shape index (κ1) is 9.53. The van der Waals surface area contributed by atoms with E-state index in [9.17, 15) is 0 Å². The van der Waals surface area contributed by atoms with Crippen LogP contribution in [0.3, 0.4) is 0 Å². The lowest BCUT2D eigenvalue weighted by atomic mass is 10.1. The fourth-order valence-electron chi connectivity index (χ4n) is 2.05. The van der Waals surface area contributed by atoms with Crippen LogP contribution < -0.4 is 10.5 Å². The minimum Gasteiger partial charge on any atom is -0.497 e. The van der Waals surface area contributed by atoms with Gasteiger partial charge in [0.25, 0.3) is 0 Å². The van der Waals surface area contributed by atoms with Crippen molar-refractivity contribution >= 4 is 0 Å². The molecule has 0 amide bonds. The van der Waals surface area contributed by atoms with Crippen LogP contribution in [0.25, 0.3) is 0 Å². The fourth-order valence-corrected chi connectivity index (χ4v) is 2.05. The van der Waals surface area contributed by atoms with Crippen LogP contribution in [0.2, 0.25) is 0 Å². The minimum atomic E-state index is 0.311. The van der Waals surface area contributed by atoms with Gasteiger partial charge in [0, 0.05) is 6.04 Å². The van der Waals surface area contributed by atoms with Crippen molar-refractivity contribution in [1.82, 2.24) is 0 Å². The quantitative estimate of drug-likeness (QED) is 0.794.